The summed E-state index contributed by atoms with van der Waals surface area (Å²) in [7, 11) is 0. The number of nitrogens with one attached hydrogen (secondary N) is 3. The fourth-order valence-electron chi connectivity index (χ4n) is 5.44. The molecular formula is C34H31F2N9O5. The van der Waals surface area contributed by atoms with Gasteiger partial charge < -0.3 is 15.7 Å². The number of nitrogens with zero attached hydrogens (tertiary/aromatic N) is 6. The number of aromatic nitrogens is 7. The molecule has 0 aliphatic rings. The van der Waals surface area contributed by atoms with Gasteiger partial charge in [-0.25, -0.2) is 32.9 Å². The van der Waals surface area contributed by atoms with Crippen LogP contribution in [-0.4, -0.2) is 58.0 Å². The Labute approximate surface area is 281 Å². The number of rotatable bonds is 11. The maximum Gasteiger partial charge on any atom is 0.329 e. The first kappa shape index (κ1) is 33.6. The second kappa shape index (κ2) is 13.3. The van der Waals surface area contributed by atoms with Gasteiger partial charge in [-0.2, -0.15) is 4.98 Å². The number of allylic oxidation sites excluding steroid dienone is 1. The zero-order valence-corrected chi connectivity index (χ0v) is 26.9. The van der Waals surface area contributed by atoms with Crippen molar-refractivity contribution in [3.05, 3.63) is 133 Å². The molecule has 0 unspecified atom stereocenters. The monoisotopic (exact) mass is 683 g/mol. The van der Waals surface area contributed by atoms with Gasteiger partial charge in [0, 0.05) is 19.3 Å². The number of halogens is 2. The molecule has 14 nitrogen and oxygen atoms in total. The summed E-state index contributed by atoms with van der Waals surface area (Å²) < 4.78 is 33.1. The van der Waals surface area contributed by atoms with E-state index in [1.54, 1.807) is 38.1 Å². The van der Waals surface area contributed by atoms with Crippen molar-refractivity contribution >= 4 is 33.8 Å². The molecule has 16 heteroatoms. The van der Waals surface area contributed by atoms with E-state index in [0.29, 0.717) is 17.1 Å². The maximum absolute atomic E-state index is 14.8. The van der Waals surface area contributed by atoms with Crippen LogP contribution in [0.4, 0.5) is 14.7 Å². The number of H-pyrrole nitrogens is 1. The minimum atomic E-state index is -1.24. The molecule has 0 bridgehead atoms. The third-order valence-corrected chi connectivity index (χ3v) is 7.84. The average molecular weight is 684 g/mol. The molecule has 4 heterocycles. The Bertz CT molecular complexity index is 2480. The summed E-state index contributed by atoms with van der Waals surface area (Å²) in [6, 6.07) is 12.7. The van der Waals surface area contributed by atoms with E-state index in [1.807, 2.05) is 0 Å². The quantitative estimate of drug-likeness (QED) is 0.118. The van der Waals surface area contributed by atoms with Crippen molar-refractivity contribution in [2.24, 2.45) is 0 Å². The van der Waals surface area contributed by atoms with Crippen LogP contribution in [0.2, 0.25) is 0 Å². The van der Waals surface area contributed by atoms with E-state index >= 15 is 0 Å². The fourth-order valence-corrected chi connectivity index (χ4v) is 5.44. The van der Waals surface area contributed by atoms with E-state index in [-0.39, 0.29) is 65.2 Å². The molecule has 6 aromatic rings. The van der Waals surface area contributed by atoms with Gasteiger partial charge in [-0.1, -0.05) is 24.3 Å². The Morgan fingerprint density at radius 1 is 1.04 bits per heavy atom. The van der Waals surface area contributed by atoms with Gasteiger partial charge in [0.25, 0.3) is 17.0 Å². The van der Waals surface area contributed by atoms with Gasteiger partial charge in [0.2, 0.25) is 5.95 Å². The van der Waals surface area contributed by atoms with Gasteiger partial charge in [-0.3, -0.25) is 23.9 Å². The lowest BCUT2D eigenvalue weighted by atomic mass is 10.1. The van der Waals surface area contributed by atoms with Crippen molar-refractivity contribution in [1.82, 2.24) is 39.2 Å². The highest BCUT2D eigenvalue weighted by Crippen LogP contribution is 2.21. The van der Waals surface area contributed by atoms with E-state index < -0.39 is 34.4 Å². The average Bonchev–Trinajstić information content (AvgIpc) is 3.35. The summed E-state index contributed by atoms with van der Waals surface area (Å²) in [5, 5.41) is 16.0. The molecule has 0 atom stereocenters. The predicted octanol–water partition coefficient (Wildman–Crippen LogP) is 2.56. The lowest BCUT2D eigenvalue weighted by Crippen LogP contribution is -2.31. The van der Waals surface area contributed by atoms with Crippen LogP contribution in [0.3, 0.4) is 0 Å². The second-order valence-corrected chi connectivity index (χ2v) is 11.8. The van der Waals surface area contributed by atoms with Gasteiger partial charge in [0.1, 0.15) is 22.6 Å². The van der Waals surface area contributed by atoms with Crippen LogP contribution in [-0.2, 0) is 18.7 Å². The molecule has 0 radical (unpaired) electrons. The number of aliphatic hydroxyl groups is 1. The standard InChI is InChI=1S/C34H31F2N9O5/c1-4-15-44-31(48)21-17-39-32(41-28(21)45(44)26-10-6-9-25(40-26)34(2,3)50)38-14-13-37-29(46)20-16-19(11-12-22(20)35)18-43-24-8-5-7-23(36)27(24)30(47)42-33(43)49/h4-12,16-17,50H,1,13-15,18H2,2-3H3,(H,37,46)(H,38,39,41)(H,42,47,49). The second-order valence-electron chi connectivity index (χ2n) is 11.8. The SMILES string of the molecule is C=CCn1c(=O)c2cnc(NCCNC(=O)c3cc(Cn4c(=O)[nH]c(=O)c5c(F)cccc54)ccc3F)nc2n1-c1cccc(C(C)(C)O)n1. The Balaban J connectivity index is 1.18. The van der Waals surface area contributed by atoms with Crippen LogP contribution in [0.1, 0.15) is 35.5 Å². The van der Waals surface area contributed by atoms with Crippen molar-refractivity contribution in [2.45, 2.75) is 32.5 Å². The third-order valence-electron chi connectivity index (χ3n) is 7.84. The van der Waals surface area contributed by atoms with Crippen LogP contribution in [0.25, 0.3) is 27.8 Å². The molecule has 6 rings (SSSR count). The van der Waals surface area contributed by atoms with Crippen LogP contribution >= 0.6 is 0 Å². The summed E-state index contributed by atoms with van der Waals surface area (Å²) in [6.07, 6.45) is 2.92. The van der Waals surface area contributed by atoms with Gasteiger partial charge in [0.15, 0.2) is 11.5 Å². The van der Waals surface area contributed by atoms with Gasteiger partial charge in [-0.05, 0) is 55.8 Å². The first-order valence-corrected chi connectivity index (χ1v) is 15.4. The lowest BCUT2D eigenvalue weighted by Gasteiger charge is -2.18. The minimum absolute atomic E-state index is 0.0205. The molecule has 4 N–H and O–H groups in total. The molecule has 256 valence electrons. The number of carbonyl (C=O) groups is 1. The van der Waals surface area contributed by atoms with Crippen molar-refractivity contribution in [3.8, 4) is 5.82 Å². The van der Waals surface area contributed by atoms with E-state index in [0.717, 1.165) is 16.7 Å². The van der Waals surface area contributed by atoms with Crippen molar-refractivity contribution in [3.63, 3.8) is 0 Å². The molecule has 4 aromatic heterocycles. The van der Waals surface area contributed by atoms with Gasteiger partial charge >= 0.3 is 5.69 Å². The molecule has 0 aliphatic heterocycles. The molecule has 1 amide bonds. The number of aromatic amines is 1. The highest BCUT2D eigenvalue weighted by molar-refractivity contribution is 5.94. The summed E-state index contributed by atoms with van der Waals surface area (Å²) in [5.41, 5.74) is -2.52. The van der Waals surface area contributed by atoms with Crippen LogP contribution in [0.15, 0.2) is 87.8 Å². The zero-order valence-electron chi connectivity index (χ0n) is 26.9. The summed E-state index contributed by atoms with van der Waals surface area (Å²) in [4.78, 5) is 66.4. The van der Waals surface area contributed by atoms with Crippen molar-refractivity contribution in [1.29, 1.82) is 0 Å². The molecule has 2 aromatic carbocycles. The predicted molar refractivity (Wildman–Crippen MR) is 181 cm³/mol. The topological polar surface area (TPSA) is 182 Å². The number of amides is 1. The Morgan fingerprint density at radius 2 is 1.82 bits per heavy atom. The molecule has 0 saturated heterocycles. The number of benzene rings is 2. The Kier molecular flexibility index (Phi) is 8.95. The molecule has 50 heavy (non-hydrogen) atoms. The molecule has 0 aliphatic carbocycles. The normalized spacial score (nSPS) is 11.6. The van der Waals surface area contributed by atoms with Crippen molar-refractivity contribution in [2.75, 3.05) is 18.4 Å². The van der Waals surface area contributed by atoms with E-state index in [4.69, 9.17) is 0 Å². The number of hydrogen-bond donors (Lipinski definition) is 4. The molecular weight excluding hydrogens is 652 g/mol. The first-order valence-electron chi connectivity index (χ1n) is 15.4. The zero-order chi connectivity index (χ0) is 35.7. The van der Waals surface area contributed by atoms with Crippen LogP contribution < -0.4 is 27.4 Å². The van der Waals surface area contributed by atoms with Gasteiger partial charge in [-0.15, -0.1) is 6.58 Å². The van der Waals surface area contributed by atoms with E-state index in [1.165, 1.54) is 39.8 Å². The highest BCUT2D eigenvalue weighted by Gasteiger charge is 2.22. The summed E-state index contributed by atoms with van der Waals surface area (Å²) in [5.74, 6) is -1.86. The fraction of sp³-hybridized carbons (Fsp3) is 0.206. The number of hydrogen-bond acceptors (Lipinski definition) is 9. The number of fused-ring (bicyclic) bond motifs is 2. The number of anilines is 1. The van der Waals surface area contributed by atoms with Gasteiger partial charge in [0.05, 0.1) is 35.2 Å². The molecule has 0 spiro atoms. The molecule has 0 fully saturated rings. The van der Waals surface area contributed by atoms with Crippen LogP contribution in [0, 0.1) is 11.6 Å². The first-order chi connectivity index (χ1) is 23.9. The summed E-state index contributed by atoms with van der Waals surface area (Å²) >= 11 is 0. The third kappa shape index (κ3) is 6.43. The molecule has 0 saturated carbocycles. The summed E-state index contributed by atoms with van der Waals surface area (Å²) in [6.45, 7) is 7.04. The van der Waals surface area contributed by atoms with Crippen molar-refractivity contribution < 1.29 is 18.7 Å². The highest BCUT2D eigenvalue weighted by atomic mass is 19.1. The number of pyridine rings is 1. The number of carbonyl (C=O) groups excluding carboxylic acids is 1. The van der Waals surface area contributed by atoms with Crippen LogP contribution in [0.5, 0.6) is 0 Å². The maximum atomic E-state index is 14.8. The van der Waals surface area contributed by atoms with E-state index in [9.17, 15) is 33.1 Å². The smallest absolute Gasteiger partial charge is 0.329 e. The Morgan fingerprint density at radius 3 is 2.58 bits per heavy atom. The minimum Gasteiger partial charge on any atom is -0.384 e. The Hall–Kier alpha value is -6.29. The largest absolute Gasteiger partial charge is 0.384 e. The van der Waals surface area contributed by atoms with E-state index in [2.05, 4.69) is 37.1 Å². The lowest BCUT2D eigenvalue weighted by molar-refractivity contribution is 0.0737.